The lowest BCUT2D eigenvalue weighted by molar-refractivity contribution is 0.484. The third kappa shape index (κ3) is 3.55. The Morgan fingerprint density at radius 2 is 2.21 bits per heavy atom. The Balaban J connectivity index is 1.67. The molecule has 1 aliphatic heterocycles. The van der Waals surface area contributed by atoms with Gasteiger partial charge in [-0.1, -0.05) is 13.3 Å². The van der Waals surface area contributed by atoms with E-state index in [0.717, 1.165) is 31.7 Å². The number of H-pyrrole nitrogens is 1. The van der Waals surface area contributed by atoms with Crippen LogP contribution in [0.2, 0.25) is 0 Å². The summed E-state index contributed by atoms with van der Waals surface area (Å²) in [5.41, 5.74) is 3.75. The molecule has 0 radical (unpaired) electrons. The van der Waals surface area contributed by atoms with E-state index in [4.69, 9.17) is 5.41 Å². The summed E-state index contributed by atoms with van der Waals surface area (Å²) in [6.07, 6.45) is 3.43. The zero-order valence-electron chi connectivity index (χ0n) is 16.2. The Hall–Kier alpha value is -3.00. The maximum absolute atomic E-state index is 12.7. The van der Waals surface area contributed by atoms with Gasteiger partial charge in [0, 0.05) is 37.9 Å². The molecule has 1 atom stereocenters. The van der Waals surface area contributed by atoms with Crippen molar-refractivity contribution in [1.29, 1.82) is 5.41 Å². The van der Waals surface area contributed by atoms with Crippen LogP contribution in [-0.4, -0.2) is 51.0 Å². The average Bonchev–Trinajstić information content (AvgIpc) is 3.18. The summed E-state index contributed by atoms with van der Waals surface area (Å²) in [6, 6.07) is 7.61. The first-order chi connectivity index (χ1) is 13.5. The Morgan fingerprint density at radius 1 is 1.36 bits per heavy atom. The van der Waals surface area contributed by atoms with Gasteiger partial charge >= 0.3 is 0 Å². The lowest BCUT2D eigenvalue weighted by Gasteiger charge is -2.33. The fourth-order valence-corrected chi connectivity index (χ4v) is 3.57. The second-order valence-corrected chi connectivity index (χ2v) is 7.29. The number of nitrogens with zero attached hydrogens (tertiary/aromatic N) is 4. The number of rotatable bonds is 5. The normalized spacial score (nSPS) is 17.2. The third-order valence-corrected chi connectivity index (χ3v) is 5.04. The van der Waals surface area contributed by atoms with Gasteiger partial charge in [-0.15, -0.1) is 0 Å². The average molecular weight is 379 g/mol. The molecule has 4 heterocycles. The Kier molecular flexibility index (Phi) is 4.95. The smallest absolute Gasteiger partial charge is 0.258 e. The summed E-state index contributed by atoms with van der Waals surface area (Å²) in [5.74, 6) is 0. The molecule has 0 bridgehead atoms. The molecular formula is C20H25N7O. The Bertz CT molecular complexity index is 1070. The van der Waals surface area contributed by atoms with Crippen LogP contribution in [0.5, 0.6) is 0 Å². The number of hydrogen-bond acceptors (Lipinski definition) is 6. The van der Waals surface area contributed by atoms with Gasteiger partial charge < -0.3 is 15.6 Å². The van der Waals surface area contributed by atoms with Crippen molar-refractivity contribution in [3.8, 4) is 11.4 Å². The van der Waals surface area contributed by atoms with Crippen LogP contribution in [0.3, 0.4) is 0 Å². The van der Waals surface area contributed by atoms with Crippen molar-refractivity contribution in [3.63, 3.8) is 0 Å². The molecule has 0 spiro atoms. The second kappa shape index (κ2) is 7.55. The molecule has 0 saturated carbocycles. The van der Waals surface area contributed by atoms with Crippen LogP contribution in [0.4, 0.5) is 5.69 Å². The fourth-order valence-electron chi connectivity index (χ4n) is 3.57. The van der Waals surface area contributed by atoms with Gasteiger partial charge in [0.25, 0.3) is 5.56 Å². The highest BCUT2D eigenvalue weighted by molar-refractivity contribution is 5.97. The molecule has 1 fully saturated rings. The van der Waals surface area contributed by atoms with Crippen molar-refractivity contribution in [2.24, 2.45) is 0 Å². The second-order valence-electron chi connectivity index (χ2n) is 7.29. The summed E-state index contributed by atoms with van der Waals surface area (Å²) in [7, 11) is 0. The topological polar surface area (TPSA) is 102 Å². The van der Waals surface area contributed by atoms with Crippen LogP contribution >= 0.6 is 0 Å². The highest BCUT2D eigenvalue weighted by Gasteiger charge is 2.17. The molecule has 8 heteroatoms. The van der Waals surface area contributed by atoms with E-state index in [0.29, 0.717) is 40.9 Å². The van der Waals surface area contributed by atoms with Crippen LogP contribution in [0, 0.1) is 5.41 Å². The van der Waals surface area contributed by atoms with Crippen LogP contribution in [0.25, 0.3) is 17.0 Å². The van der Waals surface area contributed by atoms with E-state index in [-0.39, 0.29) is 5.56 Å². The molecule has 3 aromatic heterocycles. The van der Waals surface area contributed by atoms with Crippen molar-refractivity contribution in [3.05, 3.63) is 46.5 Å². The van der Waals surface area contributed by atoms with Gasteiger partial charge in [-0.05, 0) is 31.5 Å². The van der Waals surface area contributed by atoms with E-state index < -0.39 is 0 Å². The zero-order valence-corrected chi connectivity index (χ0v) is 16.2. The van der Waals surface area contributed by atoms with Crippen molar-refractivity contribution in [2.75, 3.05) is 24.5 Å². The van der Waals surface area contributed by atoms with Gasteiger partial charge in [0.1, 0.15) is 11.3 Å². The molecule has 0 unspecified atom stereocenters. The molecule has 8 nitrogen and oxygen atoms in total. The van der Waals surface area contributed by atoms with Crippen LogP contribution in [0.1, 0.15) is 32.4 Å². The van der Waals surface area contributed by atoms with Gasteiger partial charge in [-0.25, -0.2) is 4.98 Å². The summed E-state index contributed by atoms with van der Waals surface area (Å²) in [4.78, 5) is 19.6. The maximum Gasteiger partial charge on any atom is 0.258 e. The van der Waals surface area contributed by atoms with Crippen molar-refractivity contribution in [2.45, 2.75) is 32.7 Å². The first-order valence-electron chi connectivity index (χ1n) is 9.70. The minimum atomic E-state index is -0.134. The van der Waals surface area contributed by atoms with E-state index >= 15 is 0 Å². The lowest BCUT2D eigenvalue weighted by atomic mass is 10.1. The first kappa shape index (κ1) is 18.4. The number of aromatic nitrogens is 4. The summed E-state index contributed by atoms with van der Waals surface area (Å²) >= 11 is 0. The van der Waals surface area contributed by atoms with Crippen molar-refractivity contribution in [1.82, 2.24) is 24.9 Å². The number of piperazine rings is 1. The highest BCUT2D eigenvalue weighted by Crippen LogP contribution is 2.19. The molecule has 1 aliphatic rings. The number of pyridine rings is 1. The molecule has 28 heavy (non-hydrogen) atoms. The van der Waals surface area contributed by atoms with Crippen LogP contribution in [0.15, 0.2) is 35.3 Å². The minimum Gasteiger partial charge on any atom is -0.368 e. The number of fused-ring (bicyclic) bond motifs is 1. The molecule has 146 valence electrons. The van der Waals surface area contributed by atoms with E-state index in [2.05, 4.69) is 32.3 Å². The van der Waals surface area contributed by atoms with Crippen molar-refractivity contribution < 1.29 is 0 Å². The van der Waals surface area contributed by atoms with E-state index in [9.17, 15) is 4.79 Å². The standard InChI is InChI=1S/C20H25N7O/c1-3-4-15(21)16-9-18(25-24-16)17-10-20(28)27-12-14(5-6-19(27)23-17)26-8-7-22-13(2)11-26/h5-6,9-10,12-13,21-22H,3-4,7-8,11H2,1-2H3,(H,24,25)/t13-/m1/s1. The molecule has 0 amide bonds. The van der Waals surface area contributed by atoms with Gasteiger partial charge in [-0.3, -0.25) is 14.3 Å². The summed E-state index contributed by atoms with van der Waals surface area (Å²) in [5, 5.41) is 18.6. The number of nitrogens with one attached hydrogen (secondary N) is 3. The Morgan fingerprint density at radius 3 is 3.00 bits per heavy atom. The largest absolute Gasteiger partial charge is 0.368 e. The molecular weight excluding hydrogens is 354 g/mol. The number of aromatic amines is 1. The summed E-state index contributed by atoms with van der Waals surface area (Å²) < 4.78 is 1.59. The molecule has 1 saturated heterocycles. The van der Waals surface area contributed by atoms with E-state index in [1.807, 2.05) is 25.3 Å². The van der Waals surface area contributed by atoms with Crippen LogP contribution in [-0.2, 0) is 0 Å². The van der Waals surface area contributed by atoms with E-state index in [1.165, 1.54) is 6.07 Å². The van der Waals surface area contributed by atoms with Crippen LogP contribution < -0.4 is 15.8 Å². The predicted octanol–water partition coefficient (Wildman–Crippen LogP) is 2.05. The number of anilines is 1. The quantitative estimate of drug-likeness (QED) is 0.589. The summed E-state index contributed by atoms with van der Waals surface area (Å²) in [6.45, 7) is 6.94. The van der Waals surface area contributed by atoms with Gasteiger partial charge in [-0.2, -0.15) is 5.10 Å². The zero-order chi connectivity index (χ0) is 19.7. The fraction of sp³-hybridized carbons (Fsp3) is 0.400. The molecule has 0 aromatic carbocycles. The molecule has 0 aliphatic carbocycles. The SMILES string of the molecule is CCCC(=N)c1cc(-c2cc(=O)n3cc(N4CCN[C@H](C)C4)ccc3n2)[nH]n1. The Labute approximate surface area is 163 Å². The maximum atomic E-state index is 12.7. The molecule has 3 N–H and O–H groups in total. The minimum absolute atomic E-state index is 0.134. The van der Waals surface area contributed by atoms with Gasteiger partial charge in [0.05, 0.1) is 22.8 Å². The molecule has 4 rings (SSSR count). The monoisotopic (exact) mass is 379 g/mol. The first-order valence-corrected chi connectivity index (χ1v) is 9.70. The predicted molar refractivity (Wildman–Crippen MR) is 110 cm³/mol. The lowest BCUT2D eigenvalue weighted by Crippen LogP contribution is -2.49. The third-order valence-electron chi connectivity index (χ3n) is 5.04. The van der Waals surface area contributed by atoms with E-state index in [1.54, 1.807) is 10.5 Å². The van der Waals surface area contributed by atoms with Gasteiger partial charge in [0.2, 0.25) is 0 Å². The highest BCUT2D eigenvalue weighted by atomic mass is 16.1. The van der Waals surface area contributed by atoms with Crippen molar-refractivity contribution >= 4 is 17.0 Å². The number of hydrogen-bond donors (Lipinski definition) is 3. The molecule has 3 aromatic rings. The van der Waals surface area contributed by atoms with Gasteiger partial charge in [0.15, 0.2) is 0 Å².